The second-order valence-corrected chi connectivity index (χ2v) is 13.2. The normalized spacial score (nSPS) is 15.7. The molecule has 0 aliphatic heterocycles. The van der Waals surface area contributed by atoms with E-state index in [1.54, 1.807) is 26.4 Å². The maximum absolute atomic E-state index is 13.6. The van der Waals surface area contributed by atoms with Crippen LogP contribution >= 0.6 is 11.6 Å². The molecule has 3 amide bonds. The Morgan fingerprint density at radius 1 is 1.07 bits per heavy atom. The van der Waals surface area contributed by atoms with Crippen LogP contribution in [-0.2, 0) is 22.1 Å². The first-order chi connectivity index (χ1) is 21.4. The van der Waals surface area contributed by atoms with Crippen molar-refractivity contribution >= 4 is 40.4 Å². The highest BCUT2D eigenvalue weighted by Crippen LogP contribution is 2.40. The van der Waals surface area contributed by atoms with E-state index >= 15 is 0 Å². The zero-order chi connectivity index (χ0) is 32.5. The molecule has 0 radical (unpaired) electrons. The smallest absolute Gasteiger partial charge is 0.270 e. The number of hydrogen-bond acceptors (Lipinski definition) is 5. The van der Waals surface area contributed by atoms with Gasteiger partial charge in [0.05, 0.1) is 22.5 Å². The molecular weight excluding hydrogens is 590 g/mol. The molecule has 1 saturated carbocycles. The van der Waals surface area contributed by atoms with Crippen LogP contribution in [0.3, 0.4) is 0 Å². The van der Waals surface area contributed by atoms with Crippen LogP contribution in [0, 0.1) is 11.8 Å². The Balaban J connectivity index is 1.50. The summed E-state index contributed by atoms with van der Waals surface area (Å²) in [6, 6.07) is 13.9. The molecule has 1 aliphatic carbocycles. The van der Waals surface area contributed by atoms with Crippen LogP contribution in [0.2, 0.25) is 5.02 Å². The van der Waals surface area contributed by atoms with Crippen LogP contribution in [0.25, 0.3) is 11.0 Å². The van der Waals surface area contributed by atoms with Crippen molar-refractivity contribution in [2.45, 2.75) is 70.4 Å². The van der Waals surface area contributed by atoms with E-state index in [1.807, 2.05) is 56.3 Å². The number of amides is 3. The summed E-state index contributed by atoms with van der Waals surface area (Å²) in [6.45, 7) is 7.89. The van der Waals surface area contributed by atoms with Gasteiger partial charge in [-0.25, -0.2) is 4.98 Å². The Kier molecular flexibility index (Phi) is 9.34. The number of aryl methyl sites for hydroxylation is 1. The van der Waals surface area contributed by atoms with Gasteiger partial charge in [-0.2, -0.15) is 5.10 Å². The number of likely N-dealkylation sites (N-methyl/N-ethyl adjacent to an activating group) is 1. The number of nitrogens with zero attached hydrogens (tertiary/aromatic N) is 3. The summed E-state index contributed by atoms with van der Waals surface area (Å²) >= 11 is 6.71. The molecule has 2 unspecified atom stereocenters. The molecule has 45 heavy (non-hydrogen) atoms. The first-order valence-corrected chi connectivity index (χ1v) is 15.9. The number of imidazole rings is 1. The van der Waals surface area contributed by atoms with Crippen molar-refractivity contribution in [1.29, 1.82) is 0 Å². The number of halogens is 1. The van der Waals surface area contributed by atoms with Crippen molar-refractivity contribution in [3.05, 3.63) is 82.4 Å². The molecule has 0 saturated heterocycles. The fourth-order valence-electron chi connectivity index (χ4n) is 6.15. The zero-order valence-electron chi connectivity index (χ0n) is 26.6. The lowest BCUT2D eigenvalue weighted by molar-refractivity contribution is -0.133. The van der Waals surface area contributed by atoms with Gasteiger partial charge in [0.25, 0.3) is 5.91 Å². The molecule has 1 fully saturated rings. The largest absolute Gasteiger partial charge is 0.357 e. The van der Waals surface area contributed by atoms with Gasteiger partial charge in [-0.3, -0.25) is 19.1 Å². The predicted molar refractivity (Wildman–Crippen MR) is 175 cm³/mol. The minimum atomic E-state index is -0.930. The number of benzene rings is 2. The number of aromatic nitrogens is 4. The van der Waals surface area contributed by atoms with Crippen molar-refractivity contribution in [2.24, 2.45) is 18.9 Å². The highest BCUT2D eigenvalue weighted by atomic mass is 35.5. The standard InChI is InChI=1S/C34H42ClN7O3/c1-19(2)27(22-12-7-8-13-23(22)35)29(40-31(43)26-16-17-37-42(26)6)30-38-24-15-14-21(18-25(24)39-30)34(3,4)33(45)41-28(32(44)36-5)20-10-9-11-20/h7-8,12-20,27-29H,9-11H2,1-6H3,(H,36,44)(H,38,39)(H,40,43)(H,41,45)/t27?,28-,29?/m1/s1. The Morgan fingerprint density at radius 2 is 1.80 bits per heavy atom. The van der Waals surface area contributed by atoms with Gasteiger partial charge in [0.1, 0.15) is 17.6 Å². The third-order valence-electron chi connectivity index (χ3n) is 9.20. The van der Waals surface area contributed by atoms with Crippen molar-refractivity contribution in [2.75, 3.05) is 7.05 Å². The van der Waals surface area contributed by atoms with Gasteiger partial charge >= 0.3 is 0 Å². The second kappa shape index (κ2) is 13.0. The Bertz CT molecular complexity index is 1700. The minimum Gasteiger partial charge on any atom is -0.357 e. The summed E-state index contributed by atoms with van der Waals surface area (Å²) in [4.78, 5) is 48.1. The molecular formula is C34H42ClN7O3. The van der Waals surface area contributed by atoms with Crippen LogP contribution < -0.4 is 16.0 Å². The van der Waals surface area contributed by atoms with Crippen LogP contribution in [0.1, 0.15) is 86.4 Å². The van der Waals surface area contributed by atoms with E-state index < -0.39 is 17.5 Å². The summed E-state index contributed by atoms with van der Waals surface area (Å²) < 4.78 is 1.53. The first-order valence-electron chi connectivity index (χ1n) is 15.5. The maximum atomic E-state index is 13.6. The predicted octanol–water partition coefficient (Wildman–Crippen LogP) is 5.17. The van der Waals surface area contributed by atoms with Crippen molar-refractivity contribution < 1.29 is 14.4 Å². The van der Waals surface area contributed by atoms with Crippen LogP contribution in [0.5, 0.6) is 0 Å². The fraction of sp³-hybridized carbons (Fsp3) is 0.441. The first kappa shape index (κ1) is 32.2. The van der Waals surface area contributed by atoms with Gasteiger partial charge in [-0.1, -0.05) is 56.1 Å². The molecule has 10 nitrogen and oxygen atoms in total. The third kappa shape index (κ3) is 6.47. The Hall–Kier alpha value is -4.18. The SMILES string of the molecule is CNC(=O)[C@H](NC(=O)C(C)(C)c1ccc2nc(C(NC(=O)c3ccnn3C)C(c3ccccc3Cl)C(C)C)[nH]c2c1)C1CCC1. The maximum Gasteiger partial charge on any atom is 0.270 e. The lowest BCUT2D eigenvalue weighted by Crippen LogP contribution is -2.55. The number of carbonyl (C=O) groups is 3. The number of fused-ring (bicyclic) bond motifs is 1. The van der Waals surface area contributed by atoms with E-state index in [1.165, 1.54) is 4.68 Å². The van der Waals surface area contributed by atoms with Gasteiger partial charge in [0, 0.05) is 31.2 Å². The molecule has 2 aromatic carbocycles. The number of aromatic amines is 1. The van der Waals surface area contributed by atoms with Crippen molar-refractivity contribution in [3.8, 4) is 0 Å². The second-order valence-electron chi connectivity index (χ2n) is 12.8. The number of rotatable bonds is 11. The van der Waals surface area contributed by atoms with Gasteiger partial charge in [0.15, 0.2) is 0 Å². The summed E-state index contributed by atoms with van der Waals surface area (Å²) in [5.41, 5.74) is 2.59. The fourth-order valence-corrected chi connectivity index (χ4v) is 6.42. The van der Waals surface area contributed by atoms with Crippen LogP contribution in [-0.4, -0.2) is 50.6 Å². The van der Waals surface area contributed by atoms with Crippen molar-refractivity contribution in [3.63, 3.8) is 0 Å². The van der Waals surface area contributed by atoms with Gasteiger partial charge in [-0.05, 0) is 73.9 Å². The average Bonchev–Trinajstić information content (AvgIpc) is 3.61. The Morgan fingerprint density at radius 3 is 2.40 bits per heavy atom. The minimum absolute atomic E-state index is 0.0806. The lowest BCUT2D eigenvalue weighted by atomic mass is 9.78. The van der Waals surface area contributed by atoms with Crippen LogP contribution in [0.15, 0.2) is 54.7 Å². The molecule has 4 N–H and O–H groups in total. The van der Waals surface area contributed by atoms with E-state index in [9.17, 15) is 14.4 Å². The molecule has 0 bridgehead atoms. The van der Waals surface area contributed by atoms with Crippen molar-refractivity contribution in [1.82, 2.24) is 35.7 Å². The van der Waals surface area contributed by atoms with E-state index in [2.05, 4.69) is 39.9 Å². The molecule has 4 aromatic rings. The molecule has 2 heterocycles. The summed E-state index contributed by atoms with van der Waals surface area (Å²) in [5.74, 6) is -0.0924. The summed E-state index contributed by atoms with van der Waals surface area (Å²) in [6.07, 6.45) is 4.49. The van der Waals surface area contributed by atoms with Gasteiger partial charge < -0.3 is 20.9 Å². The highest BCUT2D eigenvalue weighted by Gasteiger charge is 2.38. The number of nitrogens with one attached hydrogen (secondary N) is 4. The summed E-state index contributed by atoms with van der Waals surface area (Å²) in [5, 5.41) is 13.7. The number of carbonyl (C=O) groups excluding carboxylic acids is 3. The molecule has 1 aliphatic rings. The number of hydrogen-bond donors (Lipinski definition) is 4. The van der Waals surface area contributed by atoms with E-state index in [-0.39, 0.29) is 35.5 Å². The highest BCUT2D eigenvalue weighted by molar-refractivity contribution is 6.31. The molecule has 3 atom stereocenters. The molecule has 2 aromatic heterocycles. The summed E-state index contributed by atoms with van der Waals surface area (Å²) in [7, 11) is 3.32. The third-order valence-corrected chi connectivity index (χ3v) is 9.55. The Labute approximate surface area is 268 Å². The topological polar surface area (TPSA) is 134 Å². The number of H-pyrrole nitrogens is 1. The lowest BCUT2D eigenvalue weighted by Gasteiger charge is -2.35. The molecule has 5 rings (SSSR count). The van der Waals surface area contributed by atoms with E-state index in [4.69, 9.17) is 16.6 Å². The molecule has 11 heteroatoms. The van der Waals surface area contributed by atoms with E-state index in [0.29, 0.717) is 22.1 Å². The monoisotopic (exact) mass is 631 g/mol. The molecule has 238 valence electrons. The van der Waals surface area contributed by atoms with Gasteiger partial charge in [-0.15, -0.1) is 0 Å². The average molecular weight is 632 g/mol. The zero-order valence-corrected chi connectivity index (χ0v) is 27.4. The molecule has 0 spiro atoms. The van der Waals surface area contributed by atoms with Crippen LogP contribution in [0.4, 0.5) is 0 Å². The quantitative estimate of drug-likeness (QED) is 0.181. The van der Waals surface area contributed by atoms with E-state index in [0.717, 1.165) is 35.9 Å². The van der Waals surface area contributed by atoms with Gasteiger partial charge in [0.2, 0.25) is 11.8 Å².